The van der Waals surface area contributed by atoms with Crippen LogP contribution < -0.4 is 5.32 Å². The quantitative estimate of drug-likeness (QED) is 0.877. The molecule has 20 heavy (non-hydrogen) atoms. The first-order valence-corrected chi connectivity index (χ1v) is 7.55. The summed E-state index contributed by atoms with van der Waals surface area (Å²) in [5.41, 5.74) is 0.233. The van der Waals surface area contributed by atoms with Crippen molar-refractivity contribution in [1.29, 1.82) is 0 Å². The number of carbonyl (C=O) groups excluding carboxylic acids is 1. The number of amides is 1. The number of nitrogens with one attached hydrogen (secondary N) is 1. The highest BCUT2D eigenvalue weighted by atomic mass is 35.5. The minimum absolute atomic E-state index is 0.0393. The summed E-state index contributed by atoms with van der Waals surface area (Å²) in [5, 5.41) is 13.6. The van der Waals surface area contributed by atoms with E-state index in [9.17, 15) is 9.90 Å². The topological polar surface area (TPSA) is 49.3 Å². The molecule has 0 radical (unpaired) electrons. The molecule has 1 amide bonds. The van der Waals surface area contributed by atoms with Crippen LogP contribution in [0.5, 0.6) is 0 Å². The minimum Gasteiger partial charge on any atom is -0.388 e. The lowest BCUT2D eigenvalue weighted by atomic mass is 9.80. The third-order valence-electron chi connectivity index (χ3n) is 4.03. The van der Waals surface area contributed by atoms with Crippen LogP contribution in [0.15, 0.2) is 24.3 Å². The van der Waals surface area contributed by atoms with Crippen molar-refractivity contribution in [3.8, 4) is 0 Å². The van der Waals surface area contributed by atoms with Crippen LogP contribution in [0.3, 0.4) is 0 Å². The second-order valence-corrected chi connectivity index (χ2v) is 6.51. The standard InChI is InChI=1S/C16H22ClNO2/c1-11(2)14(12-5-3-6-13(17)9-12)15(19)18-10-16(20)7-4-8-16/h3,5-6,9,11,14,20H,4,7-8,10H2,1-2H3,(H,18,19). The zero-order valence-corrected chi connectivity index (χ0v) is 12.8. The summed E-state index contributed by atoms with van der Waals surface area (Å²) >= 11 is 6.01. The molecular weight excluding hydrogens is 274 g/mol. The number of carbonyl (C=O) groups is 1. The monoisotopic (exact) mass is 295 g/mol. The van der Waals surface area contributed by atoms with Crippen LogP contribution in [0.2, 0.25) is 5.02 Å². The third-order valence-corrected chi connectivity index (χ3v) is 4.27. The van der Waals surface area contributed by atoms with Crippen molar-refractivity contribution < 1.29 is 9.90 Å². The van der Waals surface area contributed by atoms with Gasteiger partial charge in [0.15, 0.2) is 0 Å². The largest absolute Gasteiger partial charge is 0.388 e. The fraction of sp³-hybridized carbons (Fsp3) is 0.562. The van der Waals surface area contributed by atoms with E-state index in [1.807, 2.05) is 32.0 Å². The lowest BCUT2D eigenvalue weighted by Gasteiger charge is -2.37. The highest BCUT2D eigenvalue weighted by molar-refractivity contribution is 6.30. The smallest absolute Gasteiger partial charge is 0.227 e. The van der Waals surface area contributed by atoms with Crippen molar-refractivity contribution in [2.24, 2.45) is 5.92 Å². The highest BCUT2D eigenvalue weighted by Crippen LogP contribution is 2.31. The van der Waals surface area contributed by atoms with Gasteiger partial charge in [-0.1, -0.05) is 37.6 Å². The van der Waals surface area contributed by atoms with Gasteiger partial charge in [-0.3, -0.25) is 4.79 Å². The fourth-order valence-electron chi connectivity index (χ4n) is 2.66. The molecule has 0 aliphatic heterocycles. The van der Waals surface area contributed by atoms with Gasteiger partial charge >= 0.3 is 0 Å². The Morgan fingerprint density at radius 2 is 2.15 bits per heavy atom. The Morgan fingerprint density at radius 3 is 2.65 bits per heavy atom. The Bertz CT molecular complexity index is 483. The van der Waals surface area contributed by atoms with E-state index in [2.05, 4.69) is 5.32 Å². The van der Waals surface area contributed by atoms with Crippen LogP contribution in [0, 0.1) is 5.92 Å². The number of aliphatic hydroxyl groups is 1. The molecule has 110 valence electrons. The van der Waals surface area contributed by atoms with E-state index >= 15 is 0 Å². The van der Waals surface area contributed by atoms with Crippen LogP contribution in [0.1, 0.15) is 44.6 Å². The molecule has 0 aromatic heterocycles. The summed E-state index contributed by atoms with van der Waals surface area (Å²) in [5.74, 6) is -0.107. The number of halogens is 1. The molecule has 1 aromatic carbocycles. The maximum Gasteiger partial charge on any atom is 0.227 e. The summed E-state index contributed by atoms with van der Waals surface area (Å²) in [7, 11) is 0. The van der Waals surface area contributed by atoms with Gasteiger partial charge in [-0.2, -0.15) is 0 Å². The summed E-state index contributed by atoms with van der Waals surface area (Å²) in [6, 6.07) is 7.43. The molecule has 1 unspecified atom stereocenters. The first-order valence-electron chi connectivity index (χ1n) is 7.17. The van der Waals surface area contributed by atoms with Crippen molar-refractivity contribution in [2.75, 3.05) is 6.54 Å². The minimum atomic E-state index is -0.689. The molecule has 0 heterocycles. The molecule has 1 fully saturated rings. The molecule has 0 saturated heterocycles. The predicted octanol–water partition coefficient (Wildman–Crippen LogP) is 3.11. The van der Waals surface area contributed by atoms with Crippen molar-refractivity contribution in [2.45, 2.75) is 44.6 Å². The summed E-state index contributed by atoms with van der Waals surface area (Å²) in [6.45, 7) is 4.38. The van der Waals surface area contributed by atoms with Gasteiger partial charge in [0.05, 0.1) is 11.5 Å². The normalized spacial score (nSPS) is 18.4. The Kier molecular flexibility index (Phi) is 4.71. The van der Waals surface area contributed by atoms with Crippen LogP contribution in [-0.2, 0) is 4.79 Å². The third kappa shape index (κ3) is 3.53. The van der Waals surface area contributed by atoms with Crippen molar-refractivity contribution >= 4 is 17.5 Å². The summed E-state index contributed by atoms with van der Waals surface area (Å²) in [6.07, 6.45) is 2.59. The molecule has 1 aliphatic carbocycles. The lowest BCUT2D eigenvalue weighted by molar-refractivity contribution is -0.126. The SMILES string of the molecule is CC(C)C(C(=O)NCC1(O)CCC1)c1cccc(Cl)c1. The highest BCUT2D eigenvalue weighted by Gasteiger charge is 2.35. The first-order chi connectivity index (χ1) is 9.41. The average Bonchev–Trinajstić information content (AvgIpc) is 2.34. The predicted molar refractivity (Wildman–Crippen MR) is 80.8 cm³/mol. The molecule has 2 rings (SSSR count). The molecule has 1 saturated carbocycles. The van der Waals surface area contributed by atoms with Gasteiger partial charge in [-0.25, -0.2) is 0 Å². The van der Waals surface area contributed by atoms with Gasteiger partial charge in [0.1, 0.15) is 0 Å². The van der Waals surface area contributed by atoms with E-state index < -0.39 is 5.60 Å². The number of hydrogen-bond donors (Lipinski definition) is 2. The molecule has 2 N–H and O–H groups in total. The molecule has 0 bridgehead atoms. The van der Waals surface area contributed by atoms with E-state index in [0.717, 1.165) is 24.8 Å². The molecule has 1 aliphatic rings. The Morgan fingerprint density at radius 1 is 1.45 bits per heavy atom. The molecule has 0 spiro atoms. The first kappa shape index (κ1) is 15.3. The average molecular weight is 296 g/mol. The molecule has 3 nitrogen and oxygen atoms in total. The van der Waals surface area contributed by atoms with Crippen LogP contribution >= 0.6 is 11.6 Å². The van der Waals surface area contributed by atoms with Gasteiger partial charge in [-0.05, 0) is 42.9 Å². The number of benzene rings is 1. The molecule has 1 aromatic rings. The second kappa shape index (κ2) is 6.15. The van der Waals surface area contributed by atoms with Crippen molar-refractivity contribution in [3.63, 3.8) is 0 Å². The van der Waals surface area contributed by atoms with Gasteiger partial charge in [0, 0.05) is 11.6 Å². The van der Waals surface area contributed by atoms with Crippen molar-refractivity contribution in [3.05, 3.63) is 34.9 Å². The summed E-state index contributed by atoms with van der Waals surface area (Å²) < 4.78 is 0. The van der Waals surface area contributed by atoms with Crippen molar-refractivity contribution in [1.82, 2.24) is 5.32 Å². The maximum atomic E-state index is 12.4. The van der Waals surface area contributed by atoms with E-state index in [0.29, 0.717) is 11.6 Å². The van der Waals surface area contributed by atoms with Gasteiger partial charge in [0.25, 0.3) is 0 Å². The zero-order valence-electron chi connectivity index (χ0n) is 12.0. The molecule has 1 atom stereocenters. The lowest BCUT2D eigenvalue weighted by Crippen LogP contribution is -2.49. The van der Waals surface area contributed by atoms with Gasteiger partial charge < -0.3 is 10.4 Å². The summed E-state index contributed by atoms with van der Waals surface area (Å²) in [4.78, 5) is 12.4. The van der Waals surface area contributed by atoms with Crippen LogP contribution in [0.25, 0.3) is 0 Å². The Labute approximate surface area is 125 Å². The van der Waals surface area contributed by atoms with E-state index in [-0.39, 0.29) is 17.7 Å². The van der Waals surface area contributed by atoms with E-state index in [1.165, 1.54) is 0 Å². The molecule has 4 heteroatoms. The Balaban J connectivity index is 2.06. The maximum absolute atomic E-state index is 12.4. The van der Waals surface area contributed by atoms with E-state index in [1.54, 1.807) is 6.07 Å². The van der Waals surface area contributed by atoms with Crippen LogP contribution in [0.4, 0.5) is 0 Å². The fourth-order valence-corrected chi connectivity index (χ4v) is 2.86. The number of hydrogen-bond acceptors (Lipinski definition) is 2. The second-order valence-electron chi connectivity index (χ2n) is 6.07. The number of rotatable bonds is 5. The van der Waals surface area contributed by atoms with Gasteiger partial charge in [-0.15, -0.1) is 0 Å². The van der Waals surface area contributed by atoms with Gasteiger partial charge in [0.2, 0.25) is 5.91 Å². The molecular formula is C16H22ClNO2. The zero-order chi connectivity index (χ0) is 14.8. The van der Waals surface area contributed by atoms with Crippen LogP contribution in [-0.4, -0.2) is 23.2 Å². The van der Waals surface area contributed by atoms with E-state index in [4.69, 9.17) is 11.6 Å². The Hall–Kier alpha value is -1.06.